The van der Waals surface area contributed by atoms with Crippen molar-refractivity contribution in [1.82, 2.24) is 4.90 Å². The van der Waals surface area contributed by atoms with Crippen molar-refractivity contribution in [2.75, 3.05) is 20.6 Å². The van der Waals surface area contributed by atoms with Gasteiger partial charge in [0.1, 0.15) is 0 Å². The van der Waals surface area contributed by atoms with Gasteiger partial charge in [0, 0.05) is 12.3 Å². The molecule has 0 radical (unpaired) electrons. The molecule has 0 aliphatic heterocycles. The van der Waals surface area contributed by atoms with Crippen LogP contribution in [0.15, 0.2) is 0 Å². The molecule has 48 valence electrons. The molecule has 0 heterocycles. The molecule has 8 heavy (non-hydrogen) atoms. The van der Waals surface area contributed by atoms with Gasteiger partial charge in [0.05, 0.1) is 0 Å². The van der Waals surface area contributed by atoms with Crippen molar-refractivity contribution in [2.45, 2.75) is 13.3 Å². The molecule has 1 N–H and O–H groups in total. The van der Waals surface area contributed by atoms with Crippen molar-refractivity contribution in [1.29, 1.82) is 5.41 Å². The number of hydrogen-bond donors (Lipinski definition) is 1. The molecule has 2 nitrogen and oxygen atoms in total. The minimum atomic E-state index is 0.801. The highest BCUT2D eigenvalue weighted by Gasteiger charge is 1.92. The van der Waals surface area contributed by atoms with E-state index in [-0.39, 0.29) is 0 Å². The molecule has 0 aliphatic rings. The van der Waals surface area contributed by atoms with Crippen LogP contribution < -0.4 is 0 Å². The zero-order valence-electron chi connectivity index (χ0n) is 5.86. The summed E-state index contributed by atoms with van der Waals surface area (Å²) in [6.07, 6.45) is 0.873. The standard InChI is InChI=1S/C6H14N2/c1-4-6(7)5-8(2)3/h7H,4-5H2,1-3H3. The predicted octanol–water partition coefficient (Wildman–Crippen LogP) is 0.978. The van der Waals surface area contributed by atoms with Crippen LogP contribution in [-0.4, -0.2) is 31.3 Å². The molecular formula is C6H14N2. The second-order valence-electron chi connectivity index (χ2n) is 2.19. The van der Waals surface area contributed by atoms with E-state index in [4.69, 9.17) is 5.41 Å². The van der Waals surface area contributed by atoms with Crippen molar-refractivity contribution in [3.63, 3.8) is 0 Å². The Morgan fingerprint density at radius 1 is 1.50 bits per heavy atom. The van der Waals surface area contributed by atoms with Crippen molar-refractivity contribution in [3.05, 3.63) is 0 Å². The van der Waals surface area contributed by atoms with Gasteiger partial charge in [-0.2, -0.15) is 0 Å². The Hall–Kier alpha value is -0.370. The molecule has 0 spiro atoms. The molecule has 0 saturated heterocycles. The van der Waals surface area contributed by atoms with Gasteiger partial charge in [-0.25, -0.2) is 0 Å². The van der Waals surface area contributed by atoms with E-state index < -0.39 is 0 Å². The molecule has 0 amide bonds. The fourth-order valence-corrected chi connectivity index (χ4v) is 0.494. The van der Waals surface area contributed by atoms with Crippen molar-refractivity contribution < 1.29 is 0 Å². The van der Waals surface area contributed by atoms with E-state index in [2.05, 4.69) is 0 Å². The van der Waals surface area contributed by atoms with E-state index in [1.54, 1.807) is 0 Å². The first-order valence-electron chi connectivity index (χ1n) is 2.87. The molecule has 0 aromatic rings. The number of rotatable bonds is 3. The third-order valence-electron chi connectivity index (χ3n) is 0.934. The van der Waals surface area contributed by atoms with Gasteiger partial charge in [0.15, 0.2) is 0 Å². The van der Waals surface area contributed by atoms with E-state index in [1.807, 2.05) is 25.9 Å². The van der Waals surface area contributed by atoms with Gasteiger partial charge in [-0.15, -0.1) is 0 Å². The van der Waals surface area contributed by atoms with E-state index in [0.717, 1.165) is 18.7 Å². The first-order chi connectivity index (χ1) is 3.66. The maximum absolute atomic E-state index is 7.23. The molecule has 0 bridgehead atoms. The molecule has 2 heteroatoms. The molecular weight excluding hydrogens is 100 g/mol. The minimum Gasteiger partial charge on any atom is -0.308 e. The molecule has 0 rings (SSSR count). The summed E-state index contributed by atoms with van der Waals surface area (Å²) in [4.78, 5) is 2.01. The van der Waals surface area contributed by atoms with Crippen LogP contribution >= 0.6 is 0 Å². The number of hydrogen-bond acceptors (Lipinski definition) is 2. The van der Waals surface area contributed by atoms with Crippen LogP contribution in [0.1, 0.15) is 13.3 Å². The summed E-state index contributed by atoms with van der Waals surface area (Å²) in [6.45, 7) is 2.81. The summed E-state index contributed by atoms with van der Waals surface area (Å²) >= 11 is 0. The zero-order chi connectivity index (χ0) is 6.57. The summed E-state index contributed by atoms with van der Waals surface area (Å²) in [6, 6.07) is 0. The van der Waals surface area contributed by atoms with Gasteiger partial charge in [0.2, 0.25) is 0 Å². The first-order valence-corrected chi connectivity index (χ1v) is 2.87. The normalized spacial score (nSPS) is 10.0. The van der Waals surface area contributed by atoms with Gasteiger partial charge in [-0.3, -0.25) is 0 Å². The van der Waals surface area contributed by atoms with Gasteiger partial charge in [-0.05, 0) is 20.5 Å². The summed E-state index contributed by atoms with van der Waals surface area (Å²) in [5.74, 6) is 0. The lowest BCUT2D eigenvalue weighted by Crippen LogP contribution is -2.20. The number of nitrogens with zero attached hydrogens (tertiary/aromatic N) is 1. The molecule has 0 aliphatic carbocycles. The Morgan fingerprint density at radius 2 is 2.00 bits per heavy atom. The SMILES string of the molecule is CCC(=N)CN(C)C. The van der Waals surface area contributed by atoms with Crippen molar-refractivity contribution in [3.8, 4) is 0 Å². The second-order valence-corrected chi connectivity index (χ2v) is 2.19. The Bertz CT molecular complexity index is 76.6. The third kappa shape index (κ3) is 3.81. The van der Waals surface area contributed by atoms with Gasteiger partial charge < -0.3 is 10.3 Å². The minimum absolute atomic E-state index is 0.801. The quantitative estimate of drug-likeness (QED) is 0.544. The fourth-order valence-electron chi connectivity index (χ4n) is 0.494. The maximum atomic E-state index is 7.23. The summed E-state index contributed by atoms with van der Waals surface area (Å²) in [5.41, 5.74) is 0.801. The molecule has 0 aromatic heterocycles. The molecule has 0 aromatic carbocycles. The Morgan fingerprint density at radius 3 is 2.12 bits per heavy atom. The average molecular weight is 114 g/mol. The highest BCUT2D eigenvalue weighted by atomic mass is 15.1. The lowest BCUT2D eigenvalue weighted by atomic mass is 10.3. The van der Waals surface area contributed by atoms with Crippen LogP contribution in [0.5, 0.6) is 0 Å². The fraction of sp³-hybridized carbons (Fsp3) is 0.833. The summed E-state index contributed by atoms with van der Waals surface area (Å²) in [7, 11) is 3.95. The molecule has 0 saturated carbocycles. The van der Waals surface area contributed by atoms with E-state index in [9.17, 15) is 0 Å². The highest BCUT2D eigenvalue weighted by Crippen LogP contribution is 1.82. The molecule has 0 atom stereocenters. The van der Waals surface area contributed by atoms with E-state index >= 15 is 0 Å². The van der Waals surface area contributed by atoms with Crippen LogP contribution in [0, 0.1) is 5.41 Å². The van der Waals surface area contributed by atoms with E-state index in [0.29, 0.717) is 0 Å². The molecule has 0 fully saturated rings. The van der Waals surface area contributed by atoms with Crippen LogP contribution in [-0.2, 0) is 0 Å². The summed E-state index contributed by atoms with van der Waals surface area (Å²) in [5, 5.41) is 7.23. The lowest BCUT2D eigenvalue weighted by molar-refractivity contribution is 0.466. The second kappa shape index (κ2) is 3.61. The summed E-state index contributed by atoms with van der Waals surface area (Å²) < 4.78 is 0. The maximum Gasteiger partial charge on any atom is 0.0354 e. The van der Waals surface area contributed by atoms with Gasteiger partial charge in [0.25, 0.3) is 0 Å². The lowest BCUT2D eigenvalue weighted by Gasteiger charge is -2.07. The van der Waals surface area contributed by atoms with Crippen LogP contribution in [0.3, 0.4) is 0 Å². The Kier molecular flexibility index (Phi) is 3.44. The van der Waals surface area contributed by atoms with Crippen molar-refractivity contribution in [2.24, 2.45) is 0 Å². The highest BCUT2D eigenvalue weighted by molar-refractivity contribution is 5.82. The topological polar surface area (TPSA) is 27.1 Å². The van der Waals surface area contributed by atoms with Crippen LogP contribution in [0.25, 0.3) is 0 Å². The number of nitrogens with one attached hydrogen (secondary N) is 1. The zero-order valence-corrected chi connectivity index (χ0v) is 5.86. The van der Waals surface area contributed by atoms with Crippen LogP contribution in [0.2, 0.25) is 0 Å². The Balaban J connectivity index is 3.25. The first kappa shape index (κ1) is 7.63. The van der Waals surface area contributed by atoms with Crippen LogP contribution in [0.4, 0.5) is 0 Å². The third-order valence-corrected chi connectivity index (χ3v) is 0.934. The molecule has 0 unspecified atom stereocenters. The van der Waals surface area contributed by atoms with E-state index in [1.165, 1.54) is 0 Å². The largest absolute Gasteiger partial charge is 0.308 e. The van der Waals surface area contributed by atoms with Crippen molar-refractivity contribution >= 4 is 5.71 Å². The Labute approximate surface area is 51.0 Å². The monoisotopic (exact) mass is 114 g/mol. The van der Waals surface area contributed by atoms with Gasteiger partial charge in [-0.1, -0.05) is 6.92 Å². The predicted molar refractivity (Wildman–Crippen MR) is 36.6 cm³/mol. The van der Waals surface area contributed by atoms with Gasteiger partial charge >= 0.3 is 0 Å². The smallest absolute Gasteiger partial charge is 0.0354 e. The average Bonchev–Trinajstić information content (AvgIpc) is 1.65.